The first-order chi connectivity index (χ1) is 10.1. The molecule has 1 heterocycles. The molecule has 0 spiro atoms. The highest BCUT2D eigenvalue weighted by molar-refractivity contribution is 5.81. The van der Waals surface area contributed by atoms with Gasteiger partial charge in [0, 0.05) is 6.54 Å². The zero-order chi connectivity index (χ0) is 15.2. The van der Waals surface area contributed by atoms with Crippen LogP contribution < -0.4 is 5.32 Å². The van der Waals surface area contributed by atoms with Crippen molar-refractivity contribution in [3.8, 4) is 0 Å². The summed E-state index contributed by atoms with van der Waals surface area (Å²) in [7, 11) is 1.87. The molecule has 1 amide bonds. The van der Waals surface area contributed by atoms with Gasteiger partial charge in [-0.15, -0.1) is 0 Å². The van der Waals surface area contributed by atoms with Gasteiger partial charge in [0.2, 0.25) is 5.91 Å². The van der Waals surface area contributed by atoms with Crippen LogP contribution in [0.3, 0.4) is 0 Å². The molecule has 21 heavy (non-hydrogen) atoms. The molecular weight excluding hydrogens is 271 g/mol. The van der Waals surface area contributed by atoms with Crippen molar-refractivity contribution < 1.29 is 13.6 Å². The van der Waals surface area contributed by atoms with Crippen molar-refractivity contribution in [2.75, 3.05) is 7.05 Å². The molecule has 0 radical (unpaired) electrons. The highest BCUT2D eigenvalue weighted by Crippen LogP contribution is 2.07. The predicted molar refractivity (Wildman–Crippen MR) is 77.9 cm³/mol. The molecule has 4 nitrogen and oxygen atoms in total. The lowest BCUT2D eigenvalue weighted by Gasteiger charge is -2.22. The van der Waals surface area contributed by atoms with Crippen molar-refractivity contribution in [3.05, 3.63) is 59.8 Å². The van der Waals surface area contributed by atoms with Gasteiger partial charge in [-0.05, 0) is 43.8 Å². The second-order valence-electron chi connectivity index (χ2n) is 5.01. The van der Waals surface area contributed by atoms with Crippen molar-refractivity contribution in [1.82, 2.24) is 10.2 Å². The highest BCUT2D eigenvalue weighted by Gasteiger charge is 2.18. The van der Waals surface area contributed by atoms with Gasteiger partial charge in [0.1, 0.15) is 11.6 Å². The van der Waals surface area contributed by atoms with Crippen LogP contribution in [0.4, 0.5) is 4.39 Å². The summed E-state index contributed by atoms with van der Waals surface area (Å²) in [4.78, 5) is 14.0. The van der Waals surface area contributed by atoms with Gasteiger partial charge >= 0.3 is 0 Å². The van der Waals surface area contributed by atoms with Crippen LogP contribution in [0.15, 0.2) is 47.1 Å². The number of rotatable bonds is 6. The normalized spacial score (nSPS) is 12.4. The molecular formula is C16H19FN2O2. The molecule has 1 aromatic carbocycles. The maximum Gasteiger partial charge on any atom is 0.237 e. The fourth-order valence-corrected chi connectivity index (χ4v) is 1.92. The van der Waals surface area contributed by atoms with Crippen LogP contribution in [0.25, 0.3) is 0 Å². The Balaban J connectivity index is 1.83. The molecule has 5 heteroatoms. The molecule has 0 saturated carbocycles. The molecule has 0 aliphatic carbocycles. The third kappa shape index (κ3) is 4.43. The van der Waals surface area contributed by atoms with Crippen molar-refractivity contribution in [1.29, 1.82) is 0 Å². The van der Waals surface area contributed by atoms with E-state index in [2.05, 4.69) is 5.32 Å². The predicted octanol–water partition coefficient (Wildman–Crippen LogP) is 2.56. The SMILES string of the molecule is C[C@H](C(=O)NCc1ccc(F)cc1)N(C)Cc1ccco1. The lowest BCUT2D eigenvalue weighted by molar-refractivity contribution is -0.125. The van der Waals surface area contributed by atoms with Crippen molar-refractivity contribution in [2.45, 2.75) is 26.1 Å². The molecule has 0 saturated heterocycles. The minimum absolute atomic E-state index is 0.0756. The fraction of sp³-hybridized carbons (Fsp3) is 0.312. The monoisotopic (exact) mass is 290 g/mol. The van der Waals surface area contributed by atoms with Gasteiger partial charge in [-0.3, -0.25) is 9.69 Å². The number of likely N-dealkylation sites (N-methyl/N-ethyl adjacent to an activating group) is 1. The summed E-state index contributed by atoms with van der Waals surface area (Å²) in [5.74, 6) is 0.459. The Morgan fingerprint density at radius 1 is 1.33 bits per heavy atom. The number of carbonyl (C=O) groups excluding carboxylic acids is 1. The van der Waals surface area contributed by atoms with Crippen LogP contribution in [0.5, 0.6) is 0 Å². The largest absolute Gasteiger partial charge is 0.468 e. The molecule has 1 atom stereocenters. The molecule has 0 aliphatic heterocycles. The number of hydrogen-bond acceptors (Lipinski definition) is 3. The molecule has 2 rings (SSSR count). The van der Waals surface area contributed by atoms with E-state index in [-0.39, 0.29) is 17.8 Å². The average Bonchev–Trinajstić information content (AvgIpc) is 2.98. The van der Waals surface area contributed by atoms with Crippen LogP contribution in [-0.2, 0) is 17.9 Å². The van der Waals surface area contributed by atoms with Crippen molar-refractivity contribution >= 4 is 5.91 Å². The summed E-state index contributed by atoms with van der Waals surface area (Å²) in [5, 5.41) is 2.85. The second kappa shape index (κ2) is 7.04. The van der Waals surface area contributed by atoms with Crippen LogP contribution in [-0.4, -0.2) is 23.9 Å². The lowest BCUT2D eigenvalue weighted by atomic mass is 10.2. The number of hydrogen-bond donors (Lipinski definition) is 1. The smallest absolute Gasteiger partial charge is 0.237 e. The quantitative estimate of drug-likeness (QED) is 0.889. The second-order valence-corrected chi connectivity index (χ2v) is 5.01. The molecule has 0 unspecified atom stereocenters. The van der Waals surface area contributed by atoms with Gasteiger partial charge in [0.15, 0.2) is 0 Å². The maximum absolute atomic E-state index is 12.8. The topological polar surface area (TPSA) is 45.5 Å². The first kappa shape index (κ1) is 15.3. The zero-order valence-corrected chi connectivity index (χ0v) is 12.2. The number of carbonyl (C=O) groups is 1. The van der Waals surface area contributed by atoms with Gasteiger partial charge < -0.3 is 9.73 Å². The zero-order valence-electron chi connectivity index (χ0n) is 12.2. The Hall–Kier alpha value is -2.14. The number of furan rings is 1. The highest BCUT2D eigenvalue weighted by atomic mass is 19.1. The minimum Gasteiger partial charge on any atom is -0.468 e. The Labute approximate surface area is 123 Å². The summed E-state index contributed by atoms with van der Waals surface area (Å²) in [6.45, 7) is 2.79. The average molecular weight is 290 g/mol. The summed E-state index contributed by atoms with van der Waals surface area (Å²) < 4.78 is 18.1. The summed E-state index contributed by atoms with van der Waals surface area (Å²) in [6, 6.07) is 9.50. The standard InChI is InChI=1S/C16H19FN2O2/c1-12(19(2)11-15-4-3-9-21-15)16(20)18-10-13-5-7-14(17)8-6-13/h3-9,12H,10-11H2,1-2H3,(H,18,20)/t12-/m1/s1. The Bertz CT molecular complexity index is 566. The minimum atomic E-state index is -0.282. The summed E-state index contributed by atoms with van der Waals surface area (Å²) in [5.41, 5.74) is 0.866. The maximum atomic E-state index is 12.8. The van der Waals surface area contributed by atoms with E-state index in [1.54, 1.807) is 18.4 Å². The molecule has 112 valence electrons. The van der Waals surface area contributed by atoms with E-state index in [1.807, 2.05) is 31.0 Å². The van der Waals surface area contributed by atoms with Crippen LogP contribution in [0.1, 0.15) is 18.2 Å². The Morgan fingerprint density at radius 2 is 2.05 bits per heavy atom. The van der Waals surface area contributed by atoms with Crippen LogP contribution in [0.2, 0.25) is 0 Å². The van der Waals surface area contributed by atoms with Gasteiger partial charge in [-0.2, -0.15) is 0 Å². The first-order valence-electron chi connectivity index (χ1n) is 6.81. The number of halogens is 1. The fourth-order valence-electron chi connectivity index (χ4n) is 1.92. The van der Waals surface area contributed by atoms with Gasteiger partial charge in [0.25, 0.3) is 0 Å². The van der Waals surface area contributed by atoms with E-state index in [0.29, 0.717) is 13.1 Å². The van der Waals surface area contributed by atoms with E-state index in [0.717, 1.165) is 11.3 Å². The summed E-state index contributed by atoms with van der Waals surface area (Å²) in [6.07, 6.45) is 1.61. The van der Waals surface area contributed by atoms with Crippen molar-refractivity contribution in [2.24, 2.45) is 0 Å². The van der Waals surface area contributed by atoms with Gasteiger partial charge in [0.05, 0.1) is 18.8 Å². The van der Waals surface area contributed by atoms with Crippen molar-refractivity contribution in [3.63, 3.8) is 0 Å². The Kier molecular flexibility index (Phi) is 5.11. The third-order valence-electron chi connectivity index (χ3n) is 3.41. The molecule has 2 aromatic rings. The summed E-state index contributed by atoms with van der Waals surface area (Å²) >= 11 is 0. The number of benzene rings is 1. The molecule has 1 N–H and O–H groups in total. The van der Waals surface area contributed by atoms with Gasteiger partial charge in [-0.1, -0.05) is 12.1 Å². The molecule has 0 fully saturated rings. The third-order valence-corrected chi connectivity index (χ3v) is 3.41. The van der Waals surface area contributed by atoms with E-state index in [1.165, 1.54) is 12.1 Å². The number of nitrogens with one attached hydrogen (secondary N) is 1. The first-order valence-corrected chi connectivity index (χ1v) is 6.81. The van der Waals surface area contributed by atoms with Gasteiger partial charge in [-0.25, -0.2) is 4.39 Å². The van der Waals surface area contributed by atoms with E-state index in [9.17, 15) is 9.18 Å². The molecule has 0 aliphatic rings. The number of amides is 1. The number of nitrogens with zero attached hydrogens (tertiary/aromatic N) is 1. The van der Waals surface area contributed by atoms with E-state index in [4.69, 9.17) is 4.42 Å². The molecule has 1 aromatic heterocycles. The Morgan fingerprint density at radius 3 is 2.67 bits per heavy atom. The van der Waals surface area contributed by atoms with E-state index >= 15 is 0 Å². The van der Waals surface area contributed by atoms with Crippen LogP contribution >= 0.6 is 0 Å². The lowest BCUT2D eigenvalue weighted by Crippen LogP contribution is -2.42. The van der Waals surface area contributed by atoms with E-state index < -0.39 is 0 Å². The molecule has 0 bridgehead atoms. The van der Waals surface area contributed by atoms with Crippen LogP contribution in [0, 0.1) is 5.82 Å².